The Balaban J connectivity index is 1.78. The van der Waals surface area contributed by atoms with Gasteiger partial charge in [0.05, 0.1) is 6.04 Å². The van der Waals surface area contributed by atoms with Crippen LogP contribution in [0.1, 0.15) is 32.9 Å². The number of benzene rings is 1. The summed E-state index contributed by atoms with van der Waals surface area (Å²) in [6.07, 6.45) is 0.415. The van der Waals surface area contributed by atoms with E-state index >= 15 is 0 Å². The Morgan fingerprint density at radius 2 is 2.16 bits per heavy atom. The minimum atomic E-state index is -0.516. The molecule has 0 radical (unpaired) electrons. The molecule has 0 aliphatic carbocycles. The molecule has 1 saturated heterocycles. The van der Waals surface area contributed by atoms with Gasteiger partial charge in [-0.2, -0.15) is 0 Å². The van der Waals surface area contributed by atoms with Gasteiger partial charge in [0.15, 0.2) is 0 Å². The Morgan fingerprint density at radius 3 is 2.88 bits per heavy atom. The average molecular weight is 345 g/mol. The van der Waals surface area contributed by atoms with Crippen molar-refractivity contribution in [3.8, 4) is 0 Å². The van der Waals surface area contributed by atoms with Crippen molar-refractivity contribution in [2.24, 2.45) is 0 Å². The van der Waals surface area contributed by atoms with Crippen molar-refractivity contribution < 1.29 is 13.9 Å². The fraction of sp³-hybridized carbons (Fsp3) is 0.474. The van der Waals surface area contributed by atoms with Crippen LogP contribution < -0.4 is 10.2 Å². The Morgan fingerprint density at radius 1 is 1.40 bits per heavy atom. The van der Waals surface area contributed by atoms with Crippen molar-refractivity contribution in [1.82, 2.24) is 10.3 Å². The predicted molar refractivity (Wildman–Crippen MR) is 96.4 cm³/mol. The molecule has 3 rings (SSSR count). The van der Waals surface area contributed by atoms with E-state index in [1.807, 2.05) is 39.8 Å². The van der Waals surface area contributed by atoms with Crippen LogP contribution in [-0.2, 0) is 4.74 Å². The zero-order chi connectivity index (χ0) is 18.2. The minimum absolute atomic E-state index is 0.00642. The first-order valence-corrected chi connectivity index (χ1v) is 8.53. The van der Waals surface area contributed by atoms with Gasteiger partial charge in [-0.1, -0.05) is 12.1 Å². The standard InChI is InChI=1S/C19H24FN3O2/c1-12-10-16(14-6-5-7-15(20)17(14)21-12)23-9-8-13(11-23)22-18(24)25-19(2,3)4/h5-7,10,13H,8-9,11H2,1-4H3,(H,22,24)/t13-/m1/s1. The summed E-state index contributed by atoms with van der Waals surface area (Å²) in [6, 6.07) is 6.99. The molecular formula is C19H24FN3O2. The molecule has 6 heteroatoms. The van der Waals surface area contributed by atoms with Crippen molar-refractivity contribution in [1.29, 1.82) is 0 Å². The number of carbonyl (C=O) groups excluding carboxylic acids is 1. The van der Waals surface area contributed by atoms with Gasteiger partial charge in [-0.05, 0) is 46.2 Å². The minimum Gasteiger partial charge on any atom is -0.444 e. The lowest BCUT2D eigenvalue weighted by Gasteiger charge is -2.23. The van der Waals surface area contributed by atoms with Gasteiger partial charge in [0.25, 0.3) is 0 Å². The monoisotopic (exact) mass is 345 g/mol. The van der Waals surface area contributed by atoms with Gasteiger partial charge in [0.2, 0.25) is 0 Å². The molecule has 1 aromatic heterocycles. The summed E-state index contributed by atoms with van der Waals surface area (Å²) in [4.78, 5) is 18.4. The molecular weight excluding hydrogens is 321 g/mol. The van der Waals surface area contributed by atoms with Gasteiger partial charge < -0.3 is 15.0 Å². The Bertz CT molecular complexity index is 801. The summed E-state index contributed by atoms with van der Waals surface area (Å²) >= 11 is 0. The number of anilines is 1. The third-order valence-corrected chi connectivity index (χ3v) is 4.15. The third-order valence-electron chi connectivity index (χ3n) is 4.15. The molecule has 0 saturated carbocycles. The largest absolute Gasteiger partial charge is 0.444 e. The number of halogens is 1. The molecule has 1 N–H and O–H groups in total. The Kier molecular flexibility index (Phi) is 4.54. The molecule has 0 bridgehead atoms. The van der Waals surface area contributed by atoms with Crippen LogP contribution in [0.2, 0.25) is 0 Å². The number of aromatic nitrogens is 1. The molecule has 1 amide bonds. The van der Waals surface area contributed by atoms with Crippen LogP contribution >= 0.6 is 0 Å². The second kappa shape index (κ2) is 6.50. The molecule has 5 nitrogen and oxygen atoms in total. The highest BCUT2D eigenvalue weighted by Gasteiger charge is 2.27. The second-order valence-corrected chi connectivity index (χ2v) is 7.50. The third kappa shape index (κ3) is 4.00. The van der Waals surface area contributed by atoms with E-state index in [4.69, 9.17) is 4.74 Å². The number of aryl methyl sites for hydroxylation is 1. The van der Waals surface area contributed by atoms with E-state index in [1.165, 1.54) is 6.07 Å². The van der Waals surface area contributed by atoms with Crippen molar-refractivity contribution in [2.45, 2.75) is 45.8 Å². The molecule has 0 spiro atoms. The molecule has 2 aromatic rings. The summed E-state index contributed by atoms with van der Waals surface area (Å²) < 4.78 is 19.4. The highest BCUT2D eigenvalue weighted by atomic mass is 19.1. The topological polar surface area (TPSA) is 54.5 Å². The van der Waals surface area contributed by atoms with Crippen molar-refractivity contribution in [3.63, 3.8) is 0 Å². The summed E-state index contributed by atoms with van der Waals surface area (Å²) in [5.41, 5.74) is 1.60. The number of rotatable bonds is 2. The van der Waals surface area contributed by atoms with Crippen LogP contribution in [-0.4, -0.2) is 35.8 Å². The van der Waals surface area contributed by atoms with Crippen LogP contribution in [0.3, 0.4) is 0 Å². The van der Waals surface area contributed by atoms with E-state index in [9.17, 15) is 9.18 Å². The number of nitrogens with zero attached hydrogens (tertiary/aromatic N) is 2. The summed E-state index contributed by atoms with van der Waals surface area (Å²) in [5, 5.41) is 3.71. The predicted octanol–water partition coefficient (Wildman–Crippen LogP) is 3.79. The summed E-state index contributed by atoms with van der Waals surface area (Å²) in [6.45, 7) is 8.83. The van der Waals surface area contributed by atoms with Crippen LogP contribution in [0.5, 0.6) is 0 Å². The van der Waals surface area contributed by atoms with Gasteiger partial charge in [-0.3, -0.25) is 0 Å². The Hall–Kier alpha value is -2.37. The molecule has 1 aliphatic heterocycles. The fourth-order valence-electron chi connectivity index (χ4n) is 3.15. The van der Waals surface area contributed by atoms with Gasteiger partial charge in [-0.25, -0.2) is 14.2 Å². The van der Waals surface area contributed by atoms with Crippen LogP contribution in [0, 0.1) is 12.7 Å². The van der Waals surface area contributed by atoms with E-state index in [0.717, 1.165) is 29.7 Å². The van der Waals surface area contributed by atoms with E-state index in [-0.39, 0.29) is 11.9 Å². The van der Waals surface area contributed by atoms with E-state index in [1.54, 1.807) is 6.07 Å². The number of carbonyl (C=O) groups is 1. The number of pyridine rings is 1. The first-order valence-electron chi connectivity index (χ1n) is 8.53. The number of hydrogen-bond acceptors (Lipinski definition) is 4. The number of hydrogen-bond donors (Lipinski definition) is 1. The maximum atomic E-state index is 14.1. The van der Waals surface area contributed by atoms with Crippen LogP contribution in [0.4, 0.5) is 14.9 Å². The molecule has 25 heavy (non-hydrogen) atoms. The van der Waals surface area contributed by atoms with E-state index < -0.39 is 11.7 Å². The maximum Gasteiger partial charge on any atom is 0.407 e. The van der Waals surface area contributed by atoms with Gasteiger partial charge in [-0.15, -0.1) is 0 Å². The number of alkyl carbamates (subject to hydrolysis) is 1. The van der Waals surface area contributed by atoms with Crippen molar-refractivity contribution in [2.75, 3.05) is 18.0 Å². The smallest absolute Gasteiger partial charge is 0.407 e. The summed E-state index contributed by atoms with van der Waals surface area (Å²) in [7, 11) is 0. The highest BCUT2D eigenvalue weighted by molar-refractivity contribution is 5.92. The number of nitrogens with one attached hydrogen (secondary N) is 1. The van der Waals surface area contributed by atoms with Crippen LogP contribution in [0.15, 0.2) is 24.3 Å². The number of fused-ring (bicyclic) bond motifs is 1. The molecule has 1 fully saturated rings. The average Bonchev–Trinajstić information content (AvgIpc) is 2.93. The molecule has 0 unspecified atom stereocenters. The van der Waals surface area contributed by atoms with E-state index in [0.29, 0.717) is 12.1 Å². The fourth-order valence-corrected chi connectivity index (χ4v) is 3.15. The van der Waals surface area contributed by atoms with Crippen molar-refractivity contribution >= 4 is 22.7 Å². The molecule has 1 aliphatic rings. The normalized spacial score (nSPS) is 17.8. The zero-order valence-electron chi connectivity index (χ0n) is 15.1. The molecule has 1 aromatic carbocycles. The second-order valence-electron chi connectivity index (χ2n) is 7.50. The summed E-state index contributed by atoms with van der Waals surface area (Å²) in [5.74, 6) is -0.315. The van der Waals surface area contributed by atoms with Gasteiger partial charge >= 0.3 is 6.09 Å². The first-order chi connectivity index (χ1) is 11.7. The highest BCUT2D eigenvalue weighted by Crippen LogP contribution is 2.30. The lowest BCUT2D eigenvalue weighted by atomic mass is 10.1. The molecule has 1 atom stereocenters. The first kappa shape index (κ1) is 17.5. The zero-order valence-corrected chi connectivity index (χ0v) is 15.1. The van der Waals surface area contributed by atoms with Crippen LogP contribution in [0.25, 0.3) is 10.9 Å². The quantitative estimate of drug-likeness (QED) is 0.900. The van der Waals surface area contributed by atoms with Gasteiger partial charge in [0, 0.05) is 29.9 Å². The van der Waals surface area contributed by atoms with E-state index in [2.05, 4.69) is 15.2 Å². The molecule has 134 valence electrons. The van der Waals surface area contributed by atoms with Crippen molar-refractivity contribution in [3.05, 3.63) is 35.8 Å². The number of amides is 1. The van der Waals surface area contributed by atoms with Gasteiger partial charge in [0.1, 0.15) is 16.9 Å². The molecule has 2 heterocycles. The SMILES string of the molecule is Cc1cc(N2CC[C@@H](NC(=O)OC(C)(C)C)C2)c2cccc(F)c2n1. The number of ether oxygens (including phenoxy) is 1. The maximum absolute atomic E-state index is 14.1. The lowest BCUT2D eigenvalue weighted by Crippen LogP contribution is -2.40. The Labute approximate surface area is 147 Å². The lowest BCUT2D eigenvalue weighted by molar-refractivity contribution is 0.0509. The number of para-hydroxylation sites is 1.